The molecule has 4 heteroatoms. The first-order valence-electron chi connectivity index (χ1n) is 6.37. The van der Waals surface area contributed by atoms with E-state index in [2.05, 4.69) is 0 Å². The minimum Gasteiger partial charge on any atom is -0.493 e. The van der Waals surface area contributed by atoms with Crippen molar-refractivity contribution in [2.75, 3.05) is 13.2 Å². The summed E-state index contributed by atoms with van der Waals surface area (Å²) in [6.45, 7) is 0.945. The van der Waals surface area contributed by atoms with Crippen molar-refractivity contribution in [1.29, 1.82) is 0 Å². The Kier molecular flexibility index (Phi) is 3.37. The second-order valence-electron chi connectivity index (χ2n) is 4.66. The summed E-state index contributed by atoms with van der Waals surface area (Å²) in [5, 5.41) is 0. The quantitative estimate of drug-likeness (QED) is 0.802. The van der Waals surface area contributed by atoms with E-state index in [4.69, 9.17) is 9.47 Å². The minimum atomic E-state index is -0.450. The Labute approximate surface area is 115 Å². The lowest BCUT2D eigenvalue weighted by atomic mass is 10.0. The highest BCUT2D eigenvalue weighted by Crippen LogP contribution is 2.34. The highest BCUT2D eigenvalue weighted by atomic mass is 19.1. The molecule has 1 aliphatic heterocycles. The molecule has 0 aliphatic carbocycles. The third-order valence-electron chi connectivity index (χ3n) is 3.34. The van der Waals surface area contributed by atoms with Crippen molar-refractivity contribution in [2.45, 2.75) is 5.92 Å². The van der Waals surface area contributed by atoms with Gasteiger partial charge in [-0.1, -0.05) is 18.2 Å². The van der Waals surface area contributed by atoms with Crippen LogP contribution in [0.25, 0.3) is 0 Å². The molecule has 0 aromatic heterocycles. The van der Waals surface area contributed by atoms with Gasteiger partial charge in [0, 0.05) is 5.56 Å². The van der Waals surface area contributed by atoms with Gasteiger partial charge >= 0.3 is 0 Å². The second kappa shape index (κ2) is 5.33. The van der Waals surface area contributed by atoms with Crippen LogP contribution < -0.4 is 9.47 Å². The summed E-state index contributed by atoms with van der Waals surface area (Å²) in [6.07, 6.45) is 0.595. The zero-order chi connectivity index (χ0) is 13.9. The molecule has 0 radical (unpaired) electrons. The Hall–Kier alpha value is -2.36. The molecule has 0 bridgehead atoms. The van der Waals surface area contributed by atoms with Crippen molar-refractivity contribution >= 4 is 6.29 Å². The van der Waals surface area contributed by atoms with Gasteiger partial charge in [0.1, 0.15) is 17.3 Å². The molecule has 1 aliphatic rings. The standard InChI is InChI=1S/C16H13FO3/c17-13-5-6-15(11(7-13)8-18)19-9-12-10-20-16-4-2-1-3-14(12)16/h1-8,12H,9-10H2. The molecule has 0 saturated heterocycles. The smallest absolute Gasteiger partial charge is 0.153 e. The van der Waals surface area contributed by atoms with E-state index in [1.165, 1.54) is 18.2 Å². The molecule has 2 aromatic carbocycles. The van der Waals surface area contributed by atoms with E-state index in [-0.39, 0.29) is 11.5 Å². The van der Waals surface area contributed by atoms with Crippen LogP contribution in [0.3, 0.4) is 0 Å². The van der Waals surface area contributed by atoms with Gasteiger partial charge in [-0.3, -0.25) is 4.79 Å². The Morgan fingerprint density at radius 3 is 3.00 bits per heavy atom. The van der Waals surface area contributed by atoms with Crippen LogP contribution in [0.15, 0.2) is 42.5 Å². The first kappa shape index (κ1) is 12.7. The molecular weight excluding hydrogens is 259 g/mol. The van der Waals surface area contributed by atoms with Crippen LogP contribution in [0.5, 0.6) is 11.5 Å². The Morgan fingerprint density at radius 1 is 1.30 bits per heavy atom. The predicted octanol–water partition coefficient (Wildman–Crippen LogP) is 3.19. The van der Waals surface area contributed by atoms with Gasteiger partial charge in [0.2, 0.25) is 0 Å². The maximum atomic E-state index is 13.0. The molecule has 0 amide bonds. The van der Waals surface area contributed by atoms with Gasteiger partial charge in [0.25, 0.3) is 0 Å². The molecule has 1 atom stereocenters. The molecule has 3 nitrogen and oxygen atoms in total. The number of ether oxygens (including phenoxy) is 2. The summed E-state index contributed by atoms with van der Waals surface area (Å²) in [5.41, 5.74) is 1.32. The number of para-hydroxylation sites is 1. The van der Waals surface area contributed by atoms with Gasteiger partial charge in [-0.25, -0.2) is 4.39 Å². The molecular formula is C16H13FO3. The predicted molar refractivity (Wildman–Crippen MR) is 72.0 cm³/mol. The van der Waals surface area contributed by atoms with Crippen LogP contribution in [-0.2, 0) is 0 Å². The molecule has 2 aromatic rings. The molecule has 0 saturated carbocycles. The molecule has 1 unspecified atom stereocenters. The van der Waals surface area contributed by atoms with Gasteiger partial charge in [-0.2, -0.15) is 0 Å². The molecule has 0 fully saturated rings. The fraction of sp³-hybridized carbons (Fsp3) is 0.188. The van der Waals surface area contributed by atoms with Crippen LogP contribution in [0.2, 0.25) is 0 Å². The van der Waals surface area contributed by atoms with Crippen LogP contribution >= 0.6 is 0 Å². The molecule has 102 valence electrons. The summed E-state index contributed by atoms with van der Waals surface area (Å²) < 4.78 is 24.2. The van der Waals surface area contributed by atoms with E-state index < -0.39 is 5.82 Å². The Balaban J connectivity index is 1.74. The summed E-state index contributed by atoms with van der Waals surface area (Å²) in [7, 11) is 0. The lowest BCUT2D eigenvalue weighted by Gasteiger charge is -2.12. The van der Waals surface area contributed by atoms with Crippen molar-refractivity contribution in [1.82, 2.24) is 0 Å². The van der Waals surface area contributed by atoms with Crippen molar-refractivity contribution in [3.8, 4) is 11.5 Å². The summed E-state index contributed by atoms with van der Waals surface area (Å²) in [5.74, 6) is 0.936. The minimum absolute atomic E-state index is 0.121. The summed E-state index contributed by atoms with van der Waals surface area (Å²) >= 11 is 0. The first-order chi connectivity index (χ1) is 9.78. The number of fused-ring (bicyclic) bond motifs is 1. The third kappa shape index (κ3) is 2.37. The lowest BCUT2D eigenvalue weighted by molar-refractivity contribution is 0.111. The van der Waals surface area contributed by atoms with Crippen molar-refractivity contribution in [3.63, 3.8) is 0 Å². The second-order valence-corrected chi connectivity index (χ2v) is 4.66. The van der Waals surface area contributed by atoms with E-state index in [9.17, 15) is 9.18 Å². The SMILES string of the molecule is O=Cc1cc(F)ccc1OCC1COc2ccccc21. The normalized spacial score (nSPS) is 16.4. The number of carbonyl (C=O) groups excluding carboxylic acids is 1. The Morgan fingerprint density at radius 2 is 2.15 bits per heavy atom. The van der Waals surface area contributed by atoms with E-state index in [1.54, 1.807) is 0 Å². The fourth-order valence-electron chi connectivity index (χ4n) is 2.30. The van der Waals surface area contributed by atoms with Crippen LogP contribution in [0, 0.1) is 5.82 Å². The zero-order valence-corrected chi connectivity index (χ0v) is 10.7. The summed E-state index contributed by atoms with van der Waals surface area (Å²) in [4.78, 5) is 10.9. The number of aldehydes is 1. The molecule has 3 rings (SSSR count). The van der Waals surface area contributed by atoms with Gasteiger partial charge < -0.3 is 9.47 Å². The van der Waals surface area contributed by atoms with Gasteiger partial charge in [0.05, 0.1) is 24.7 Å². The number of rotatable bonds is 4. The van der Waals surface area contributed by atoms with Gasteiger partial charge in [-0.05, 0) is 24.3 Å². The lowest BCUT2D eigenvalue weighted by Crippen LogP contribution is -2.12. The zero-order valence-electron chi connectivity index (χ0n) is 10.7. The largest absolute Gasteiger partial charge is 0.493 e. The number of hydrogen-bond acceptors (Lipinski definition) is 3. The van der Waals surface area contributed by atoms with Crippen LogP contribution in [-0.4, -0.2) is 19.5 Å². The fourth-order valence-corrected chi connectivity index (χ4v) is 2.30. The maximum Gasteiger partial charge on any atom is 0.153 e. The van der Waals surface area contributed by atoms with E-state index in [1.807, 2.05) is 24.3 Å². The van der Waals surface area contributed by atoms with Gasteiger partial charge in [-0.15, -0.1) is 0 Å². The van der Waals surface area contributed by atoms with Crippen molar-refractivity contribution in [2.24, 2.45) is 0 Å². The highest BCUT2D eigenvalue weighted by molar-refractivity contribution is 5.79. The third-order valence-corrected chi connectivity index (χ3v) is 3.34. The van der Waals surface area contributed by atoms with Crippen LogP contribution in [0.1, 0.15) is 21.8 Å². The average molecular weight is 272 g/mol. The van der Waals surface area contributed by atoms with E-state index in [0.717, 1.165) is 11.3 Å². The maximum absolute atomic E-state index is 13.0. The number of carbonyl (C=O) groups is 1. The van der Waals surface area contributed by atoms with Gasteiger partial charge in [0.15, 0.2) is 6.29 Å². The van der Waals surface area contributed by atoms with Crippen molar-refractivity contribution < 1.29 is 18.7 Å². The number of hydrogen-bond donors (Lipinski definition) is 0. The average Bonchev–Trinajstić information content (AvgIpc) is 2.89. The Bertz CT molecular complexity index is 639. The van der Waals surface area contributed by atoms with E-state index in [0.29, 0.717) is 25.2 Å². The first-order valence-corrected chi connectivity index (χ1v) is 6.37. The molecule has 0 spiro atoms. The molecule has 20 heavy (non-hydrogen) atoms. The monoisotopic (exact) mass is 272 g/mol. The van der Waals surface area contributed by atoms with Crippen molar-refractivity contribution in [3.05, 3.63) is 59.4 Å². The highest BCUT2D eigenvalue weighted by Gasteiger charge is 2.24. The molecule has 0 N–H and O–H groups in total. The topological polar surface area (TPSA) is 35.5 Å². The molecule has 1 heterocycles. The van der Waals surface area contributed by atoms with Crippen LogP contribution in [0.4, 0.5) is 4.39 Å². The summed E-state index contributed by atoms with van der Waals surface area (Å²) in [6, 6.07) is 11.7. The number of halogens is 1. The van der Waals surface area contributed by atoms with E-state index >= 15 is 0 Å². The number of benzene rings is 2.